The molecule has 19 heavy (non-hydrogen) atoms. The fraction of sp³-hybridized carbons (Fsp3) is 0.462. The van der Waals surface area contributed by atoms with Crippen LogP contribution in [0, 0.1) is 5.92 Å². The lowest BCUT2D eigenvalue weighted by Gasteiger charge is -2.18. The molecule has 2 heterocycles. The lowest BCUT2D eigenvalue weighted by atomic mass is 10.2. The zero-order chi connectivity index (χ0) is 13.5. The van der Waals surface area contributed by atoms with Crippen LogP contribution in [0.4, 0.5) is 11.8 Å². The Bertz CT molecular complexity index is 617. The molecule has 1 saturated carbocycles. The van der Waals surface area contributed by atoms with Gasteiger partial charge in [0.1, 0.15) is 5.52 Å². The molecule has 2 aromatic heterocycles. The van der Waals surface area contributed by atoms with E-state index in [9.17, 15) is 5.11 Å². The number of nitrogens with zero attached hydrogens (tertiary/aromatic N) is 3. The second-order valence-corrected chi connectivity index (χ2v) is 5.05. The highest BCUT2D eigenvalue weighted by Crippen LogP contribution is 2.48. The van der Waals surface area contributed by atoms with Gasteiger partial charge in [-0.25, -0.2) is 4.98 Å². The number of anilines is 2. The molecule has 6 heteroatoms. The second kappa shape index (κ2) is 4.31. The van der Waals surface area contributed by atoms with Gasteiger partial charge in [0.2, 0.25) is 5.95 Å². The number of hydrogen-bond acceptors (Lipinski definition) is 6. The van der Waals surface area contributed by atoms with Crippen LogP contribution in [0.1, 0.15) is 19.8 Å². The van der Waals surface area contributed by atoms with Crippen molar-refractivity contribution in [2.45, 2.75) is 25.3 Å². The molecule has 0 radical (unpaired) electrons. The van der Waals surface area contributed by atoms with Crippen LogP contribution in [-0.4, -0.2) is 32.2 Å². The number of aliphatic hydroxyl groups is 1. The number of nitrogens with two attached hydrogens (primary N) is 1. The summed E-state index contributed by atoms with van der Waals surface area (Å²) in [5.41, 5.74) is 6.84. The Balaban J connectivity index is 2.01. The average molecular weight is 259 g/mol. The van der Waals surface area contributed by atoms with Crippen molar-refractivity contribution in [3.8, 4) is 0 Å². The van der Waals surface area contributed by atoms with Gasteiger partial charge in [-0.1, -0.05) is 13.3 Å². The van der Waals surface area contributed by atoms with Crippen LogP contribution in [0.25, 0.3) is 11.0 Å². The van der Waals surface area contributed by atoms with Gasteiger partial charge in [0, 0.05) is 6.20 Å². The van der Waals surface area contributed by atoms with Crippen LogP contribution < -0.4 is 11.1 Å². The van der Waals surface area contributed by atoms with E-state index in [1.54, 1.807) is 6.20 Å². The maximum atomic E-state index is 9.60. The third-order valence-corrected chi connectivity index (χ3v) is 3.85. The van der Waals surface area contributed by atoms with Gasteiger partial charge in [-0.15, -0.1) is 0 Å². The van der Waals surface area contributed by atoms with E-state index in [1.165, 1.54) is 0 Å². The molecule has 100 valence electrons. The number of aliphatic hydroxyl groups excluding tert-OH is 1. The molecular formula is C13H17N5O. The molecule has 0 saturated heterocycles. The summed E-state index contributed by atoms with van der Waals surface area (Å²) in [6, 6.07) is 3.66. The summed E-state index contributed by atoms with van der Waals surface area (Å²) in [6.07, 6.45) is 3.67. The van der Waals surface area contributed by atoms with E-state index < -0.39 is 0 Å². The Morgan fingerprint density at radius 2 is 2.37 bits per heavy atom. The van der Waals surface area contributed by atoms with E-state index in [-0.39, 0.29) is 18.1 Å². The second-order valence-electron chi connectivity index (χ2n) is 5.05. The third-order valence-electron chi connectivity index (χ3n) is 3.85. The summed E-state index contributed by atoms with van der Waals surface area (Å²) in [4.78, 5) is 12.7. The third kappa shape index (κ3) is 1.98. The summed E-state index contributed by atoms with van der Waals surface area (Å²) in [5.74, 6) is 1.28. The first kappa shape index (κ1) is 12.1. The fourth-order valence-electron chi connectivity index (χ4n) is 2.61. The molecule has 1 aliphatic carbocycles. The summed E-state index contributed by atoms with van der Waals surface area (Å²) in [5, 5.41) is 12.9. The Morgan fingerprint density at radius 3 is 3.05 bits per heavy atom. The molecule has 0 aromatic carbocycles. The van der Waals surface area contributed by atoms with Crippen molar-refractivity contribution >= 4 is 22.8 Å². The molecule has 4 N–H and O–H groups in total. The van der Waals surface area contributed by atoms with E-state index in [0.717, 1.165) is 12.8 Å². The summed E-state index contributed by atoms with van der Waals surface area (Å²) >= 11 is 0. The van der Waals surface area contributed by atoms with Crippen molar-refractivity contribution in [3.63, 3.8) is 0 Å². The molecule has 6 nitrogen and oxygen atoms in total. The zero-order valence-electron chi connectivity index (χ0n) is 10.8. The molecule has 1 aliphatic rings. The minimum Gasteiger partial charge on any atom is -0.394 e. The van der Waals surface area contributed by atoms with E-state index in [0.29, 0.717) is 22.8 Å². The van der Waals surface area contributed by atoms with Crippen molar-refractivity contribution in [2.75, 3.05) is 17.7 Å². The Morgan fingerprint density at radius 1 is 1.53 bits per heavy atom. The van der Waals surface area contributed by atoms with Gasteiger partial charge in [0.15, 0.2) is 5.82 Å². The lowest BCUT2D eigenvalue weighted by molar-refractivity contribution is 0.256. The highest BCUT2D eigenvalue weighted by Gasteiger charge is 2.53. The predicted octanol–water partition coefficient (Wildman–Crippen LogP) is 1.18. The number of nitrogen functional groups attached to an aromatic ring is 1. The molecule has 3 rings (SSSR count). The van der Waals surface area contributed by atoms with Crippen LogP contribution in [0.15, 0.2) is 18.3 Å². The quantitative estimate of drug-likeness (QED) is 0.763. The molecule has 0 aliphatic heterocycles. The van der Waals surface area contributed by atoms with Crippen LogP contribution in [0.3, 0.4) is 0 Å². The van der Waals surface area contributed by atoms with Crippen LogP contribution >= 0.6 is 0 Å². The zero-order valence-corrected chi connectivity index (χ0v) is 10.8. The average Bonchev–Trinajstić information content (AvgIpc) is 3.12. The van der Waals surface area contributed by atoms with E-state index in [4.69, 9.17) is 5.73 Å². The van der Waals surface area contributed by atoms with E-state index in [1.807, 2.05) is 12.1 Å². The first-order valence-corrected chi connectivity index (χ1v) is 6.46. The number of fused-ring (bicyclic) bond motifs is 1. The lowest BCUT2D eigenvalue weighted by Crippen LogP contribution is -2.29. The normalized spacial score (nSPS) is 25.5. The predicted molar refractivity (Wildman–Crippen MR) is 73.6 cm³/mol. The van der Waals surface area contributed by atoms with Gasteiger partial charge in [-0.05, 0) is 24.5 Å². The van der Waals surface area contributed by atoms with E-state index in [2.05, 4.69) is 27.2 Å². The molecule has 1 fully saturated rings. The largest absolute Gasteiger partial charge is 0.394 e. The van der Waals surface area contributed by atoms with Gasteiger partial charge in [0.25, 0.3) is 0 Å². The van der Waals surface area contributed by atoms with Crippen molar-refractivity contribution < 1.29 is 5.11 Å². The van der Waals surface area contributed by atoms with Crippen molar-refractivity contribution in [1.29, 1.82) is 0 Å². The number of nitrogens with one attached hydrogen (secondary N) is 1. The van der Waals surface area contributed by atoms with Crippen molar-refractivity contribution in [1.82, 2.24) is 15.0 Å². The first-order valence-electron chi connectivity index (χ1n) is 6.46. The Kier molecular flexibility index (Phi) is 2.74. The molecule has 0 spiro atoms. The van der Waals surface area contributed by atoms with Crippen molar-refractivity contribution in [3.05, 3.63) is 18.3 Å². The maximum Gasteiger partial charge on any atom is 0.222 e. The minimum atomic E-state index is -0.278. The number of rotatable bonds is 4. The highest BCUT2D eigenvalue weighted by molar-refractivity contribution is 5.86. The van der Waals surface area contributed by atoms with Gasteiger partial charge in [0.05, 0.1) is 17.7 Å². The Hall–Kier alpha value is -1.95. The first-order chi connectivity index (χ1) is 9.18. The van der Waals surface area contributed by atoms with Gasteiger partial charge in [-0.3, -0.25) is 4.98 Å². The van der Waals surface area contributed by atoms with Gasteiger partial charge in [-0.2, -0.15) is 4.98 Å². The topological polar surface area (TPSA) is 97.0 Å². The van der Waals surface area contributed by atoms with Crippen LogP contribution in [0.5, 0.6) is 0 Å². The smallest absolute Gasteiger partial charge is 0.222 e. The molecule has 0 unspecified atom stereocenters. The molecular weight excluding hydrogens is 242 g/mol. The SMILES string of the molecule is CC[C@H]1C[C@]1(CO)Nc1nc(N)nc2cccnc12. The standard InChI is InChI=1S/C13H17N5O/c1-2-8-6-13(8,7-19)18-11-10-9(4-3-5-15-10)16-12(14)17-11/h3-5,8,19H,2,6-7H2,1H3,(H3,14,16,17,18)/t8-,13+/m0/s1. The summed E-state index contributed by atoms with van der Waals surface area (Å²) in [6.45, 7) is 2.21. The van der Waals surface area contributed by atoms with Crippen LogP contribution in [-0.2, 0) is 0 Å². The number of aromatic nitrogens is 3. The fourth-order valence-corrected chi connectivity index (χ4v) is 2.61. The van der Waals surface area contributed by atoms with E-state index >= 15 is 0 Å². The van der Waals surface area contributed by atoms with Gasteiger partial charge < -0.3 is 16.2 Å². The monoisotopic (exact) mass is 259 g/mol. The molecule has 0 amide bonds. The number of hydrogen-bond donors (Lipinski definition) is 3. The molecule has 2 aromatic rings. The molecule has 0 bridgehead atoms. The van der Waals surface area contributed by atoms with Gasteiger partial charge >= 0.3 is 0 Å². The number of pyridine rings is 1. The van der Waals surface area contributed by atoms with Crippen LogP contribution in [0.2, 0.25) is 0 Å². The maximum absolute atomic E-state index is 9.60. The highest BCUT2D eigenvalue weighted by atomic mass is 16.3. The summed E-state index contributed by atoms with van der Waals surface area (Å²) in [7, 11) is 0. The Labute approximate surface area is 111 Å². The van der Waals surface area contributed by atoms with Crippen molar-refractivity contribution in [2.24, 2.45) is 5.92 Å². The molecule has 2 atom stereocenters. The summed E-state index contributed by atoms with van der Waals surface area (Å²) < 4.78 is 0. The minimum absolute atomic E-state index is 0.0870.